The van der Waals surface area contributed by atoms with Gasteiger partial charge in [0.2, 0.25) is 0 Å². The summed E-state index contributed by atoms with van der Waals surface area (Å²) in [6.07, 6.45) is 4.41. The molecule has 164 valence electrons. The lowest BCUT2D eigenvalue weighted by atomic mass is 9.91. The summed E-state index contributed by atoms with van der Waals surface area (Å²) >= 11 is 6.40. The van der Waals surface area contributed by atoms with E-state index in [2.05, 4.69) is 16.4 Å². The van der Waals surface area contributed by atoms with Gasteiger partial charge in [-0.15, -0.1) is 0 Å². The van der Waals surface area contributed by atoms with Crippen LogP contribution in [0.15, 0.2) is 53.5 Å². The molecule has 2 heterocycles. The van der Waals surface area contributed by atoms with Gasteiger partial charge in [-0.3, -0.25) is 9.59 Å². The van der Waals surface area contributed by atoms with Gasteiger partial charge in [0.25, 0.3) is 11.5 Å². The van der Waals surface area contributed by atoms with E-state index in [9.17, 15) is 9.59 Å². The molecule has 0 saturated heterocycles. The molecule has 0 saturated carbocycles. The number of benzene rings is 2. The van der Waals surface area contributed by atoms with Crippen molar-refractivity contribution in [2.24, 2.45) is 0 Å². The van der Waals surface area contributed by atoms with Crippen LogP contribution in [-0.2, 0) is 17.7 Å². The average Bonchev–Trinajstić information content (AvgIpc) is 3.20. The number of ether oxygens (including phenoxy) is 1. The molecular formula is C25H24ClN3O3. The summed E-state index contributed by atoms with van der Waals surface area (Å²) in [4.78, 5) is 29.8. The first-order chi connectivity index (χ1) is 15.6. The van der Waals surface area contributed by atoms with Crippen molar-refractivity contribution < 1.29 is 9.53 Å². The van der Waals surface area contributed by atoms with E-state index in [1.807, 2.05) is 30.3 Å². The van der Waals surface area contributed by atoms with Crippen LogP contribution in [0.2, 0.25) is 5.02 Å². The van der Waals surface area contributed by atoms with Crippen molar-refractivity contribution in [2.75, 3.05) is 13.7 Å². The van der Waals surface area contributed by atoms with Crippen molar-refractivity contribution in [3.05, 3.63) is 80.9 Å². The molecule has 0 bridgehead atoms. The van der Waals surface area contributed by atoms with Gasteiger partial charge in [0, 0.05) is 41.7 Å². The second kappa shape index (κ2) is 8.45. The normalized spacial score (nSPS) is 15.8. The van der Waals surface area contributed by atoms with Crippen LogP contribution in [0, 0.1) is 0 Å². The maximum absolute atomic E-state index is 13.5. The van der Waals surface area contributed by atoms with Crippen molar-refractivity contribution in [1.29, 1.82) is 0 Å². The standard InChI is InChI=1S/C25H24ClN3O3/c1-32-13-12-29-14-19(15-6-2-3-7-18(15)25(29)31)24(30)27-21-11-5-9-17-16-8-4-10-20(26)22(16)28-23(17)21/h2-4,6-8,10,14,21,28H,5,9,11-13H2,1H3,(H,27,30)/t21-/m1/s1. The molecule has 2 aromatic heterocycles. The fraction of sp³-hybridized carbons (Fsp3) is 0.280. The minimum Gasteiger partial charge on any atom is -0.383 e. The van der Waals surface area contributed by atoms with Gasteiger partial charge in [0.05, 0.1) is 28.8 Å². The molecule has 7 heteroatoms. The molecule has 2 aromatic carbocycles. The summed E-state index contributed by atoms with van der Waals surface area (Å²) in [5.41, 5.74) is 3.51. The third kappa shape index (κ3) is 3.49. The number of methoxy groups -OCH3 is 1. The van der Waals surface area contributed by atoms with Crippen molar-refractivity contribution in [3.8, 4) is 0 Å². The fourth-order valence-corrected chi connectivity index (χ4v) is 4.93. The maximum atomic E-state index is 13.5. The molecule has 0 radical (unpaired) electrons. The number of hydrogen-bond acceptors (Lipinski definition) is 3. The van der Waals surface area contributed by atoms with Gasteiger partial charge >= 0.3 is 0 Å². The monoisotopic (exact) mass is 449 g/mol. The molecule has 1 aliphatic rings. The van der Waals surface area contributed by atoms with E-state index in [0.29, 0.717) is 34.5 Å². The molecule has 1 amide bonds. The van der Waals surface area contributed by atoms with Gasteiger partial charge in [-0.05, 0) is 37.0 Å². The number of aromatic nitrogens is 2. The summed E-state index contributed by atoms with van der Waals surface area (Å²) in [6.45, 7) is 0.773. The van der Waals surface area contributed by atoms with Crippen LogP contribution in [-0.4, -0.2) is 29.2 Å². The molecule has 6 nitrogen and oxygen atoms in total. The van der Waals surface area contributed by atoms with Gasteiger partial charge in [0.1, 0.15) is 0 Å². The second-order valence-corrected chi connectivity index (χ2v) is 8.58. The fourth-order valence-electron chi connectivity index (χ4n) is 4.71. The lowest BCUT2D eigenvalue weighted by Crippen LogP contribution is -2.33. The van der Waals surface area contributed by atoms with Gasteiger partial charge in [0.15, 0.2) is 0 Å². The smallest absolute Gasteiger partial charge is 0.258 e. The Balaban J connectivity index is 1.54. The number of pyridine rings is 1. The number of nitrogens with zero attached hydrogens (tertiary/aromatic N) is 1. The third-order valence-corrected chi connectivity index (χ3v) is 6.59. The summed E-state index contributed by atoms with van der Waals surface area (Å²) in [7, 11) is 1.59. The molecule has 1 atom stereocenters. The predicted molar refractivity (Wildman–Crippen MR) is 127 cm³/mol. The first kappa shape index (κ1) is 20.8. The lowest BCUT2D eigenvalue weighted by Gasteiger charge is -2.24. The number of para-hydroxylation sites is 1. The highest BCUT2D eigenvalue weighted by Gasteiger charge is 2.27. The average molecular weight is 450 g/mol. The minimum atomic E-state index is -0.199. The van der Waals surface area contributed by atoms with Crippen LogP contribution in [0.3, 0.4) is 0 Å². The highest BCUT2D eigenvalue weighted by molar-refractivity contribution is 6.35. The van der Waals surface area contributed by atoms with Gasteiger partial charge < -0.3 is 19.6 Å². The van der Waals surface area contributed by atoms with E-state index in [-0.39, 0.29) is 17.5 Å². The number of aromatic amines is 1. The van der Waals surface area contributed by atoms with Crippen molar-refractivity contribution >= 4 is 39.2 Å². The summed E-state index contributed by atoms with van der Waals surface area (Å²) in [5, 5.41) is 6.18. The van der Waals surface area contributed by atoms with Crippen LogP contribution in [0.5, 0.6) is 0 Å². The van der Waals surface area contributed by atoms with Crippen molar-refractivity contribution in [3.63, 3.8) is 0 Å². The zero-order chi connectivity index (χ0) is 22.2. The highest BCUT2D eigenvalue weighted by Crippen LogP contribution is 2.37. The predicted octanol–water partition coefficient (Wildman–Crippen LogP) is 4.59. The molecule has 0 fully saturated rings. The topological polar surface area (TPSA) is 76.1 Å². The zero-order valence-corrected chi connectivity index (χ0v) is 18.5. The quantitative estimate of drug-likeness (QED) is 0.468. The number of hydrogen-bond donors (Lipinski definition) is 2. The molecule has 0 aliphatic heterocycles. The Morgan fingerprint density at radius 3 is 2.78 bits per heavy atom. The Labute approximate surface area is 190 Å². The number of carbonyl (C=O) groups is 1. The third-order valence-electron chi connectivity index (χ3n) is 6.27. The molecule has 5 rings (SSSR count). The Hall–Kier alpha value is -3.09. The number of rotatable bonds is 5. The molecule has 0 spiro atoms. The first-order valence-corrected chi connectivity index (χ1v) is 11.2. The van der Waals surface area contributed by atoms with E-state index >= 15 is 0 Å². The number of fused-ring (bicyclic) bond motifs is 4. The molecule has 1 aliphatic carbocycles. The summed E-state index contributed by atoms with van der Waals surface area (Å²) in [5.74, 6) is -0.199. The van der Waals surface area contributed by atoms with Gasteiger partial charge in [-0.1, -0.05) is 41.9 Å². The van der Waals surface area contributed by atoms with E-state index in [1.165, 1.54) is 5.56 Å². The summed E-state index contributed by atoms with van der Waals surface area (Å²) in [6, 6.07) is 13.0. The SMILES string of the molecule is COCCn1cc(C(=O)N[C@@H]2CCCc3c2[nH]c2c(Cl)cccc32)c2ccccc2c1=O. The molecule has 2 N–H and O–H groups in total. The number of carbonyl (C=O) groups excluding carboxylic acids is 1. The number of H-pyrrole nitrogens is 1. The Morgan fingerprint density at radius 1 is 1.19 bits per heavy atom. The Bertz CT molecular complexity index is 1390. The minimum absolute atomic E-state index is 0.126. The summed E-state index contributed by atoms with van der Waals surface area (Å²) < 4.78 is 6.69. The van der Waals surface area contributed by atoms with Crippen molar-refractivity contribution in [1.82, 2.24) is 14.9 Å². The van der Waals surface area contributed by atoms with Crippen LogP contribution in [0.25, 0.3) is 21.7 Å². The van der Waals surface area contributed by atoms with E-state index in [4.69, 9.17) is 16.3 Å². The lowest BCUT2D eigenvalue weighted by molar-refractivity contribution is 0.0932. The van der Waals surface area contributed by atoms with Crippen LogP contribution < -0.4 is 10.9 Å². The maximum Gasteiger partial charge on any atom is 0.258 e. The number of halogens is 1. The van der Waals surface area contributed by atoms with Crippen LogP contribution in [0.1, 0.15) is 40.5 Å². The number of aryl methyl sites for hydroxylation is 1. The Kier molecular flexibility index (Phi) is 5.49. The van der Waals surface area contributed by atoms with Crippen LogP contribution in [0.4, 0.5) is 0 Å². The van der Waals surface area contributed by atoms with Gasteiger partial charge in [-0.25, -0.2) is 0 Å². The number of nitrogens with one attached hydrogen (secondary N) is 2. The highest BCUT2D eigenvalue weighted by atomic mass is 35.5. The van der Waals surface area contributed by atoms with E-state index in [0.717, 1.165) is 35.9 Å². The first-order valence-electron chi connectivity index (χ1n) is 10.8. The second-order valence-electron chi connectivity index (χ2n) is 8.18. The van der Waals surface area contributed by atoms with E-state index in [1.54, 1.807) is 23.9 Å². The molecular weight excluding hydrogens is 426 g/mol. The van der Waals surface area contributed by atoms with Crippen LogP contribution >= 0.6 is 11.6 Å². The van der Waals surface area contributed by atoms with Crippen molar-refractivity contribution in [2.45, 2.75) is 31.8 Å². The molecule has 4 aromatic rings. The molecule has 32 heavy (non-hydrogen) atoms. The zero-order valence-electron chi connectivity index (χ0n) is 17.8. The van der Waals surface area contributed by atoms with Gasteiger partial charge in [-0.2, -0.15) is 0 Å². The molecule has 0 unspecified atom stereocenters. The van der Waals surface area contributed by atoms with E-state index < -0.39 is 0 Å². The number of amides is 1. The Morgan fingerprint density at radius 2 is 1.97 bits per heavy atom. The largest absolute Gasteiger partial charge is 0.383 e.